The summed E-state index contributed by atoms with van der Waals surface area (Å²) in [7, 11) is 0. The zero-order valence-corrected chi connectivity index (χ0v) is 10.6. The third kappa shape index (κ3) is 2.29. The lowest BCUT2D eigenvalue weighted by Gasteiger charge is -2.13. The summed E-state index contributed by atoms with van der Waals surface area (Å²) in [5.41, 5.74) is 1.24. The lowest BCUT2D eigenvalue weighted by molar-refractivity contribution is 0.148. The van der Waals surface area contributed by atoms with Gasteiger partial charge >= 0.3 is 0 Å². The van der Waals surface area contributed by atoms with E-state index in [-0.39, 0.29) is 6.10 Å². The standard InChI is InChI=1S/C15H13ClO2/c16-13-6-2-4-8-15(13)17-10-12-9-11-5-1-3-7-14(11)18-12/h1-8,12H,9-10H2. The highest BCUT2D eigenvalue weighted by atomic mass is 35.5. The molecule has 0 aliphatic carbocycles. The monoisotopic (exact) mass is 260 g/mol. The second kappa shape index (κ2) is 4.91. The van der Waals surface area contributed by atoms with E-state index in [1.54, 1.807) is 0 Å². The molecule has 2 aromatic carbocycles. The van der Waals surface area contributed by atoms with E-state index >= 15 is 0 Å². The van der Waals surface area contributed by atoms with Crippen LogP contribution >= 0.6 is 11.6 Å². The van der Waals surface area contributed by atoms with Crippen molar-refractivity contribution in [1.82, 2.24) is 0 Å². The number of halogens is 1. The summed E-state index contributed by atoms with van der Waals surface area (Å²) in [5.74, 6) is 1.67. The van der Waals surface area contributed by atoms with Crippen LogP contribution in [0, 0.1) is 0 Å². The van der Waals surface area contributed by atoms with Crippen molar-refractivity contribution in [2.45, 2.75) is 12.5 Å². The molecule has 1 heterocycles. The Labute approximate surface area is 111 Å². The van der Waals surface area contributed by atoms with Crippen LogP contribution in [0.5, 0.6) is 11.5 Å². The Morgan fingerprint density at radius 3 is 2.72 bits per heavy atom. The van der Waals surface area contributed by atoms with Crippen molar-refractivity contribution in [2.24, 2.45) is 0 Å². The van der Waals surface area contributed by atoms with Gasteiger partial charge in [0.05, 0.1) is 5.02 Å². The molecule has 18 heavy (non-hydrogen) atoms. The quantitative estimate of drug-likeness (QED) is 0.837. The predicted molar refractivity (Wildman–Crippen MR) is 71.5 cm³/mol. The van der Waals surface area contributed by atoms with Crippen LogP contribution < -0.4 is 9.47 Å². The predicted octanol–water partition coefficient (Wildman–Crippen LogP) is 3.72. The number of ether oxygens (including phenoxy) is 2. The molecule has 2 nitrogen and oxygen atoms in total. The maximum Gasteiger partial charge on any atom is 0.138 e. The van der Waals surface area contributed by atoms with Crippen LogP contribution in [0.1, 0.15) is 5.56 Å². The third-order valence-electron chi connectivity index (χ3n) is 2.98. The SMILES string of the molecule is Clc1ccccc1OCC1Cc2ccccc2O1. The van der Waals surface area contributed by atoms with Crippen LogP contribution in [-0.2, 0) is 6.42 Å². The average Bonchev–Trinajstić information content (AvgIpc) is 2.80. The smallest absolute Gasteiger partial charge is 0.138 e. The van der Waals surface area contributed by atoms with Crippen molar-refractivity contribution in [3.63, 3.8) is 0 Å². The zero-order valence-electron chi connectivity index (χ0n) is 9.80. The number of benzene rings is 2. The van der Waals surface area contributed by atoms with Gasteiger partial charge in [0.1, 0.15) is 24.2 Å². The minimum absolute atomic E-state index is 0.0682. The summed E-state index contributed by atoms with van der Waals surface area (Å²) in [6, 6.07) is 15.6. The molecule has 1 unspecified atom stereocenters. The molecule has 0 saturated carbocycles. The molecule has 0 spiro atoms. The fourth-order valence-corrected chi connectivity index (χ4v) is 2.28. The summed E-state index contributed by atoms with van der Waals surface area (Å²) in [4.78, 5) is 0. The molecule has 2 aromatic rings. The van der Waals surface area contributed by atoms with E-state index in [0.717, 1.165) is 12.2 Å². The maximum absolute atomic E-state index is 6.03. The van der Waals surface area contributed by atoms with Crippen molar-refractivity contribution < 1.29 is 9.47 Å². The Balaban J connectivity index is 1.62. The lowest BCUT2D eigenvalue weighted by atomic mass is 10.1. The molecule has 1 aliphatic rings. The van der Waals surface area contributed by atoms with Gasteiger partial charge in [-0.05, 0) is 23.8 Å². The van der Waals surface area contributed by atoms with Crippen LogP contribution in [0.4, 0.5) is 0 Å². The topological polar surface area (TPSA) is 18.5 Å². The van der Waals surface area contributed by atoms with Crippen molar-refractivity contribution >= 4 is 11.6 Å². The van der Waals surface area contributed by atoms with E-state index in [4.69, 9.17) is 21.1 Å². The van der Waals surface area contributed by atoms with E-state index in [2.05, 4.69) is 6.07 Å². The minimum atomic E-state index is 0.0682. The van der Waals surface area contributed by atoms with Crippen molar-refractivity contribution in [3.05, 3.63) is 59.1 Å². The molecule has 3 rings (SSSR count). The molecule has 0 aromatic heterocycles. The van der Waals surface area contributed by atoms with Crippen molar-refractivity contribution in [1.29, 1.82) is 0 Å². The highest BCUT2D eigenvalue weighted by Crippen LogP contribution is 2.29. The maximum atomic E-state index is 6.03. The van der Waals surface area contributed by atoms with Crippen LogP contribution in [0.25, 0.3) is 0 Å². The Morgan fingerprint density at radius 2 is 1.89 bits per heavy atom. The molecule has 1 aliphatic heterocycles. The van der Waals surface area contributed by atoms with Gasteiger partial charge in [-0.1, -0.05) is 41.9 Å². The highest BCUT2D eigenvalue weighted by Gasteiger charge is 2.22. The number of rotatable bonds is 3. The Hall–Kier alpha value is -1.67. The molecule has 0 saturated heterocycles. The van der Waals surface area contributed by atoms with Crippen LogP contribution in [0.3, 0.4) is 0 Å². The molecule has 92 valence electrons. The first kappa shape index (κ1) is 11.4. The summed E-state index contributed by atoms with van der Waals surface area (Å²) >= 11 is 6.03. The third-order valence-corrected chi connectivity index (χ3v) is 3.29. The molecule has 1 atom stereocenters. The lowest BCUT2D eigenvalue weighted by Crippen LogP contribution is -2.22. The van der Waals surface area contributed by atoms with Gasteiger partial charge in [-0.25, -0.2) is 0 Å². The second-order valence-electron chi connectivity index (χ2n) is 4.29. The molecule has 0 fully saturated rings. The molecule has 0 bridgehead atoms. The first-order valence-corrected chi connectivity index (χ1v) is 6.32. The Morgan fingerprint density at radius 1 is 1.11 bits per heavy atom. The van der Waals surface area contributed by atoms with Crippen LogP contribution in [0.2, 0.25) is 5.02 Å². The minimum Gasteiger partial charge on any atom is -0.488 e. The fourth-order valence-electron chi connectivity index (χ4n) is 2.09. The molecule has 0 amide bonds. The molecule has 0 radical (unpaired) electrons. The van der Waals surface area contributed by atoms with E-state index in [9.17, 15) is 0 Å². The summed E-state index contributed by atoms with van der Waals surface area (Å²) in [6.07, 6.45) is 0.958. The number of fused-ring (bicyclic) bond motifs is 1. The Bertz CT molecular complexity index is 529. The normalized spacial score (nSPS) is 17.1. The summed E-state index contributed by atoms with van der Waals surface area (Å²) in [6.45, 7) is 0.512. The van der Waals surface area contributed by atoms with Crippen LogP contribution in [-0.4, -0.2) is 12.7 Å². The first-order chi connectivity index (χ1) is 8.83. The van der Waals surface area contributed by atoms with Gasteiger partial charge in [-0.15, -0.1) is 0 Å². The van der Waals surface area contributed by atoms with Gasteiger partial charge in [0.15, 0.2) is 0 Å². The van der Waals surface area contributed by atoms with Gasteiger partial charge in [0, 0.05) is 6.42 Å². The zero-order chi connectivity index (χ0) is 12.4. The van der Waals surface area contributed by atoms with E-state index < -0.39 is 0 Å². The summed E-state index contributed by atoms with van der Waals surface area (Å²) in [5, 5.41) is 0.632. The fraction of sp³-hybridized carbons (Fsp3) is 0.200. The van der Waals surface area contributed by atoms with Gasteiger partial charge in [-0.3, -0.25) is 0 Å². The van der Waals surface area contributed by atoms with Crippen LogP contribution in [0.15, 0.2) is 48.5 Å². The number of hydrogen-bond donors (Lipinski definition) is 0. The second-order valence-corrected chi connectivity index (χ2v) is 4.70. The summed E-state index contributed by atoms with van der Waals surface area (Å²) < 4.78 is 11.5. The molecule has 0 N–H and O–H groups in total. The van der Waals surface area contributed by atoms with Gasteiger partial charge < -0.3 is 9.47 Å². The van der Waals surface area contributed by atoms with Gasteiger partial charge in [-0.2, -0.15) is 0 Å². The van der Waals surface area contributed by atoms with Gasteiger partial charge in [0.25, 0.3) is 0 Å². The van der Waals surface area contributed by atoms with Crippen molar-refractivity contribution in [2.75, 3.05) is 6.61 Å². The molecular weight excluding hydrogens is 248 g/mol. The van der Waals surface area contributed by atoms with E-state index in [0.29, 0.717) is 17.4 Å². The number of para-hydroxylation sites is 2. The average molecular weight is 261 g/mol. The van der Waals surface area contributed by atoms with E-state index in [1.165, 1.54) is 5.56 Å². The largest absolute Gasteiger partial charge is 0.488 e. The van der Waals surface area contributed by atoms with E-state index in [1.807, 2.05) is 42.5 Å². The van der Waals surface area contributed by atoms with Gasteiger partial charge in [0.2, 0.25) is 0 Å². The first-order valence-electron chi connectivity index (χ1n) is 5.95. The Kier molecular flexibility index (Phi) is 3.11. The number of hydrogen-bond acceptors (Lipinski definition) is 2. The molecular formula is C15H13ClO2. The highest BCUT2D eigenvalue weighted by molar-refractivity contribution is 6.32. The molecule has 3 heteroatoms. The van der Waals surface area contributed by atoms with Crippen molar-refractivity contribution in [3.8, 4) is 11.5 Å².